The van der Waals surface area contributed by atoms with E-state index in [1.165, 1.54) is 0 Å². The fraction of sp³-hybridized carbons (Fsp3) is 0.385. The predicted octanol–water partition coefficient (Wildman–Crippen LogP) is 0.299. The lowest BCUT2D eigenvalue weighted by Gasteiger charge is -2.15. The van der Waals surface area contributed by atoms with E-state index >= 15 is 0 Å². The highest BCUT2D eigenvalue weighted by Gasteiger charge is 2.26. The van der Waals surface area contributed by atoms with Crippen LogP contribution in [0.15, 0.2) is 30.3 Å². The number of amides is 2. The molecule has 0 spiro atoms. The molecular formula is C13H17N3O2. The van der Waals surface area contributed by atoms with Crippen LogP contribution in [0, 0.1) is 0 Å². The summed E-state index contributed by atoms with van der Waals surface area (Å²) in [4.78, 5) is 23.1. The molecule has 0 saturated carbocycles. The average molecular weight is 247 g/mol. The van der Waals surface area contributed by atoms with Crippen LogP contribution in [0.25, 0.3) is 0 Å². The van der Waals surface area contributed by atoms with Crippen molar-refractivity contribution in [3.63, 3.8) is 0 Å². The summed E-state index contributed by atoms with van der Waals surface area (Å²) < 4.78 is 0. The smallest absolute Gasteiger partial charge is 0.238 e. The first kappa shape index (κ1) is 12.6. The Labute approximate surface area is 106 Å². The van der Waals surface area contributed by atoms with E-state index in [0.29, 0.717) is 6.67 Å². The van der Waals surface area contributed by atoms with Gasteiger partial charge >= 0.3 is 0 Å². The molecule has 1 heterocycles. The molecule has 5 nitrogen and oxygen atoms in total. The fourth-order valence-electron chi connectivity index (χ4n) is 1.95. The Bertz CT molecular complexity index is 433. The molecule has 18 heavy (non-hydrogen) atoms. The summed E-state index contributed by atoms with van der Waals surface area (Å²) >= 11 is 0. The van der Waals surface area contributed by atoms with Crippen molar-refractivity contribution >= 4 is 11.8 Å². The van der Waals surface area contributed by atoms with E-state index in [4.69, 9.17) is 0 Å². The van der Waals surface area contributed by atoms with E-state index in [9.17, 15) is 9.59 Å². The molecule has 0 bridgehead atoms. The molecule has 1 saturated heterocycles. The normalized spacial score (nSPS) is 20.3. The topological polar surface area (TPSA) is 70.2 Å². The lowest BCUT2D eigenvalue weighted by molar-refractivity contribution is -0.126. The first-order chi connectivity index (χ1) is 8.66. The van der Waals surface area contributed by atoms with Gasteiger partial charge in [0.1, 0.15) is 0 Å². The van der Waals surface area contributed by atoms with Gasteiger partial charge in [-0.1, -0.05) is 30.3 Å². The number of benzene rings is 1. The third-order valence-corrected chi connectivity index (χ3v) is 2.99. The van der Waals surface area contributed by atoms with E-state index in [1.54, 1.807) is 0 Å². The van der Waals surface area contributed by atoms with Gasteiger partial charge in [-0.25, -0.2) is 0 Å². The van der Waals surface area contributed by atoms with Gasteiger partial charge in [0, 0.05) is 0 Å². The van der Waals surface area contributed by atoms with Crippen LogP contribution in [0.3, 0.4) is 0 Å². The molecule has 0 aromatic heterocycles. The summed E-state index contributed by atoms with van der Waals surface area (Å²) in [6.45, 7) is 2.36. The van der Waals surface area contributed by atoms with Crippen LogP contribution in [-0.2, 0) is 9.59 Å². The Hall–Kier alpha value is -1.88. The predicted molar refractivity (Wildman–Crippen MR) is 67.6 cm³/mol. The van der Waals surface area contributed by atoms with Crippen molar-refractivity contribution in [3.8, 4) is 0 Å². The van der Waals surface area contributed by atoms with Crippen molar-refractivity contribution in [2.75, 3.05) is 6.67 Å². The fourth-order valence-corrected chi connectivity index (χ4v) is 1.95. The number of nitrogens with one attached hydrogen (secondary N) is 3. The van der Waals surface area contributed by atoms with Crippen LogP contribution in [0.1, 0.15) is 24.9 Å². The lowest BCUT2D eigenvalue weighted by atomic mass is 10.1. The third-order valence-electron chi connectivity index (χ3n) is 2.99. The van der Waals surface area contributed by atoms with Crippen LogP contribution in [0.5, 0.6) is 0 Å². The third kappa shape index (κ3) is 3.07. The number of carbonyl (C=O) groups is 2. The summed E-state index contributed by atoms with van der Waals surface area (Å²) in [5.41, 5.74) is 1.05. The van der Waals surface area contributed by atoms with E-state index in [2.05, 4.69) is 16.0 Å². The molecule has 1 aromatic rings. The maximum Gasteiger partial charge on any atom is 0.238 e. The summed E-state index contributed by atoms with van der Waals surface area (Å²) in [7, 11) is 0. The number of rotatable bonds is 4. The zero-order valence-corrected chi connectivity index (χ0v) is 10.3. The van der Waals surface area contributed by atoms with Gasteiger partial charge in [0.15, 0.2) is 0 Å². The minimum Gasteiger partial charge on any atom is -0.350 e. The Morgan fingerprint density at radius 3 is 2.78 bits per heavy atom. The van der Waals surface area contributed by atoms with Crippen molar-refractivity contribution in [2.45, 2.75) is 25.4 Å². The van der Waals surface area contributed by atoms with Crippen molar-refractivity contribution < 1.29 is 9.59 Å². The molecule has 5 heteroatoms. The Morgan fingerprint density at radius 1 is 1.44 bits per heavy atom. The SMILES string of the molecule is CC(NC(=O)CC1NCNC1=O)c1ccccc1. The molecule has 1 aliphatic rings. The Morgan fingerprint density at radius 2 is 2.17 bits per heavy atom. The van der Waals surface area contributed by atoms with Gasteiger partial charge in [0.25, 0.3) is 0 Å². The molecule has 0 aliphatic carbocycles. The summed E-state index contributed by atoms with van der Waals surface area (Å²) in [6.07, 6.45) is 0.170. The van der Waals surface area contributed by atoms with E-state index in [0.717, 1.165) is 5.56 Å². The number of carbonyl (C=O) groups excluding carboxylic acids is 2. The van der Waals surface area contributed by atoms with Crippen LogP contribution in [-0.4, -0.2) is 24.5 Å². The quantitative estimate of drug-likeness (QED) is 0.716. The number of hydrogen-bond acceptors (Lipinski definition) is 3. The van der Waals surface area contributed by atoms with Gasteiger partial charge < -0.3 is 10.6 Å². The molecule has 2 amide bonds. The van der Waals surface area contributed by atoms with E-state index in [1.807, 2.05) is 37.3 Å². The van der Waals surface area contributed by atoms with Crippen molar-refractivity contribution in [1.82, 2.24) is 16.0 Å². The highest BCUT2D eigenvalue weighted by molar-refractivity contribution is 5.89. The second-order valence-corrected chi connectivity index (χ2v) is 4.38. The monoisotopic (exact) mass is 247 g/mol. The second kappa shape index (κ2) is 5.64. The van der Waals surface area contributed by atoms with Crippen molar-refractivity contribution in [2.24, 2.45) is 0 Å². The van der Waals surface area contributed by atoms with Crippen LogP contribution < -0.4 is 16.0 Å². The first-order valence-electron chi connectivity index (χ1n) is 6.02. The molecule has 1 aromatic carbocycles. The van der Waals surface area contributed by atoms with Gasteiger partial charge in [-0.15, -0.1) is 0 Å². The second-order valence-electron chi connectivity index (χ2n) is 4.38. The van der Waals surface area contributed by atoms with Crippen LogP contribution in [0.4, 0.5) is 0 Å². The molecule has 1 fully saturated rings. The minimum atomic E-state index is -0.409. The highest BCUT2D eigenvalue weighted by atomic mass is 16.2. The van der Waals surface area contributed by atoms with Gasteiger partial charge in [-0.3, -0.25) is 14.9 Å². The van der Waals surface area contributed by atoms with E-state index < -0.39 is 6.04 Å². The average Bonchev–Trinajstić information content (AvgIpc) is 2.76. The maximum absolute atomic E-state index is 11.8. The van der Waals surface area contributed by atoms with Crippen molar-refractivity contribution in [1.29, 1.82) is 0 Å². The zero-order valence-electron chi connectivity index (χ0n) is 10.3. The summed E-state index contributed by atoms with van der Waals surface area (Å²) in [5.74, 6) is -0.238. The lowest BCUT2D eigenvalue weighted by Crippen LogP contribution is -2.36. The Kier molecular flexibility index (Phi) is 3.94. The molecule has 2 unspecified atom stereocenters. The number of hydrogen-bond donors (Lipinski definition) is 3. The van der Waals surface area contributed by atoms with Gasteiger partial charge in [-0.05, 0) is 12.5 Å². The molecule has 3 N–H and O–H groups in total. The van der Waals surface area contributed by atoms with Crippen LogP contribution >= 0.6 is 0 Å². The van der Waals surface area contributed by atoms with Gasteiger partial charge in [0.05, 0.1) is 25.2 Å². The molecule has 1 aliphatic heterocycles. The van der Waals surface area contributed by atoms with E-state index in [-0.39, 0.29) is 24.3 Å². The highest BCUT2D eigenvalue weighted by Crippen LogP contribution is 2.11. The standard InChI is InChI=1S/C13H17N3O2/c1-9(10-5-3-2-4-6-10)16-12(17)7-11-13(18)15-8-14-11/h2-6,9,11,14H,7-8H2,1H3,(H,15,18)(H,16,17). The first-order valence-corrected chi connectivity index (χ1v) is 6.02. The molecule has 96 valence electrons. The minimum absolute atomic E-state index is 0.0526. The van der Waals surface area contributed by atoms with Crippen molar-refractivity contribution in [3.05, 3.63) is 35.9 Å². The zero-order chi connectivity index (χ0) is 13.0. The Balaban J connectivity index is 1.86. The largest absolute Gasteiger partial charge is 0.350 e. The van der Waals surface area contributed by atoms with Crippen LogP contribution in [0.2, 0.25) is 0 Å². The maximum atomic E-state index is 11.8. The summed E-state index contributed by atoms with van der Waals surface area (Å²) in [5, 5.41) is 8.44. The molecular weight excluding hydrogens is 230 g/mol. The van der Waals surface area contributed by atoms with Gasteiger partial charge in [0.2, 0.25) is 11.8 Å². The molecule has 2 atom stereocenters. The van der Waals surface area contributed by atoms with Gasteiger partial charge in [-0.2, -0.15) is 0 Å². The molecule has 0 radical (unpaired) electrons. The summed E-state index contributed by atoms with van der Waals surface area (Å²) in [6, 6.07) is 9.27. The molecule has 2 rings (SSSR count).